The van der Waals surface area contributed by atoms with Gasteiger partial charge in [0.05, 0.1) is 177 Å². The van der Waals surface area contributed by atoms with Crippen LogP contribution < -0.4 is 21.4 Å². The molecule has 0 fully saturated rings. The minimum absolute atomic E-state index is 0.0525. The van der Waals surface area contributed by atoms with Gasteiger partial charge in [-0.3, -0.25) is 28.8 Å². The second kappa shape index (κ2) is 53.9. The largest absolute Gasteiger partial charge is 0.469 e. The number of methoxy groups -OCH3 is 1. The van der Waals surface area contributed by atoms with Crippen LogP contribution in [0, 0.1) is 5.92 Å². The fraction of sp³-hybridized carbons (Fsp3) is 0.872. The maximum absolute atomic E-state index is 13.8. The van der Waals surface area contributed by atoms with E-state index in [9.17, 15) is 28.8 Å². The molecule has 0 rings (SSSR count). The van der Waals surface area contributed by atoms with Crippen molar-refractivity contribution in [1.82, 2.24) is 21.4 Å². The van der Waals surface area contributed by atoms with E-state index in [0.717, 1.165) is 7.11 Å². The van der Waals surface area contributed by atoms with E-state index >= 15 is 0 Å². The fourth-order valence-corrected chi connectivity index (χ4v) is 5.84. The third kappa shape index (κ3) is 51.7. The number of unbranched alkanes of at least 4 members (excludes halogenated alkanes) is 1. The van der Waals surface area contributed by atoms with Gasteiger partial charge in [0.25, 0.3) is 0 Å². The lowest BCUT2D eigenvalue weighted by Crippen LogP contribution is -2.44. The maximum atomic E-state index is 13.8. The molecule has 0 bridgehead atoms. The van der Waals surface area contributed by atoms with Gasteiger partial charge in [0.2, 0.25) is 17.7 Å². The number of amides is 4. The Morgan fingerprint density at radius 3 is 1.37 bits per heavy atom. The minimum atomic E-state index is -1.13. The summed E-state index contributed by atoms with van der Waals surface area (Å²) in [5.41, 5.74) is 17.9. The van der Waals surface area contributed by atoms with Crippen molar-refractivity contribution in [2.75, 3.05) is 198 Å². The van der Waals surface area contributed by atoms with Crippen molar-refractivity contribution in [1.29, 1.82) is 0 Å². The van der Waals surface area contributed by atoms with Crippen LogP contribution in [-0.2, 0) is 95.1 Å². The Morgan fingerprint density at radius 1 is 0.500 bits per heavy atom. The van der Waals surface area contributed by atoms with Gasteiger partial charge in [-0.2, -0.15) is 5.48 Å². The molecule has 4 amide bonds. The quantitative estimate of drug-likeness (QED) is 0.0166. The molecule has 0 spiro atoms. The number of Topliss-reactive ketones (excluding diaryl/α,β-unsaturated/α-hetero) is 1. The van der Waals surface area contributed by atoms with Crippen molar-refractivity contribution in [2.45, 2.75) is 64.5 Å². The van der Waals surface area contributed by atoms with Gasteiger partial charge in [-0.05, 0) is 51.1 Å². The number of carbonyl (C=O) groups is 6. The second-order valence-electron chi connectivity index (χ2n) is 17.0. The maximum Gasteiger partial charge on any atom is 0.431 e. The van der Waals surface area contributed by atoms with E-state index in [4.69, 9.17) is 82.2 Å². The number of hydrogen-bond acceptors (Lipinski definition) is 23. The summed E-state index contributed by atoms with van der Waals surface area (Å²) in [6.45, 7) is 11.6. The van der Waals surface area contributed by atoms with Crippen molar-refractivity contribution >= 4 is 35.6 Å². The molecule has 4 N–H and O–H groups in total. The predicted octanol–water partition coefficient (Wildman–Crippen LogP) is 1.29. The van der Waals surface area contributed by atoms with Crippen LogP contribution in [0.3, 0.4) is 0 Å². The highest BCUT2D eigenvalue weighted by molar-refractivity contribution is 5.94. The van der Waals surface area contributed by atoms with Crippen LogP contribution in [0.4, 0.5) is 4.79 Å². The zero-order chi connectivity index (χ0) is 57.4. The molecule has 31 nitrogen and oxygen atoms in total. The van der Waals surface area contributed by atoms with Crippen LogP contribution in [0.2, 0.25) is 0 Å². The van der Waals surface area contributed by atoms with Crippen molar-refractivity contribution < 1.29 is 99.9 Å². The summed E-state index contributed by atoms with van der Waals surface area (Å²) in [6.07, 6.45) is -0.560. The fourth-order valence-electron chi connectivity index (χ4n) is 5.84. The first kappa shape index (κ1) is 72.9. The highest BCUT2D eigenvalue weighted by Gasteiger charge is 2.29. The van der Waals surface area contributed by atoms with Gasteiger partial charge >= 0.3 is 12.1 Å². The molecule has 0 radical (unpaired) electrons. The Balaban J connectivity index is 4.86. The number of rotatable bonds is 56. The third-order valence-electron chi connectivity index (χ3n) is 9.47. The molecule has 0 aromatic heterocycles. The van der Waals surface area contributed by atoms with E-state index in [1.165, 1.54) is 0 Å². The van der Waals surface area contributed by atoms with E-state index in [1.54, 1.807) is 20.8 Å². The molecule has 0 saturated carbocycles. The topological polar surface area (TPSA) is 387 Å². The van der Waals surface area contributed by atoms with Crippen LogP contribution in [0.25, 0.3) is 20.9 Å². The number of ketones is 1. The molecule has 0 saturated heterocycles. The van der Waals surface area contributed by atoms with Crippen LogP contribution in [0.15, 0.2) is 10.2 Å². The van der Waals surface area contributed by atoms with E-state index in [0.29, 0.717) is 98.7 Å². The zero-order valence-corrected chi connectivity index (χ0v) is 46.0. The van der Waals surface area contributed by atoms with E-state index in [-0.39, 0.29) is 111 Å². The lowest BCUT2D eigenvalue weighted by atomic mass is 9.92. The van der Waals surface area contributed by atoms with Crippen LogP contribution >= 0.6 is 0 Å². The molecule has 0 unspecified atom stereocenters. The van der Waals surface area contributed by atoms with Gasteiger partial charge in [0.1, 0.15) is 18.8 Å². The molecule has 0 aromatic carbocycles. The number of hydroxylamine groups is 1. The number of esters is 1. The third-order valence-corrected chi connectivity index (χ3v) is 9.47. The molecular formula is C47H86N10O21. The Bertz CT molecular complexity index is 1660. The second-order valence-corrected chi connectivity index (χ2v) is 17.0. The molecule has 0 aliphatic carbocycles. The lowest BCUT2D eigenvalue weighted by Gasteiger charge is -2.21. The van der Waals surface area contributed by atoms with Crippen LogP contribution in [0.1, 0.15) is 52.9 Å². The summed E-state index contributed by atoms with van der Waals surface area (Å²) in [5.74, 6) is -3.89. The van der Waals surface area contributed by atoms with Crippen molar-refractivity contribution in [3.63, 3.8) is 0 Å². The molecule has 450 valence electrons. The first-order valence-electron chi connectivity index (χ1n) is 25.8. The number of nitrogens with zero attached hydrogens (tertiary/aromatic N) is 6. The normalized spacial score (nSPS) is 11.9. The highest BCUT2D eigenvalue weighted by Crippen LogP contribution is 2.15. The molecule has 31 heteroatoms. The molecule has 2 atom stereocenters. The predicted molar refractivity (Wildman–Crippen MR) is 275 cm³/mol. The molecule has 78 heavy (non-hydrogen) atoms. The van der Waals surface area contributed by atoms with Gasteiger partial charge in [-0.25, -0.2) is 4.79 Å². The Labute approximate surface area is 456 Å². The summed E-state index contributed by atoms with van der Waals surface area (Å²) < 4.78 is 74.6. The van der Waals surface area contributed by atoms with Gasteiger partial charge in [-0.15, -0.1) is 0 Å². The van der Waals surface area contributed by atoms with Crippen molar-refractivity contribution in [3.8, 4) is 0 Å². The summed E-state index contributed by atoms with van der Waals surface area (Å²) in [5, 5.41) is 14.8. The van der Waals surface area contributed by atoms with E-state index in [1.807, 2.05) is 0 Å². The molecular weight excluding hydrogens is 1040 g/mol. The minimum Gasteiger partial charge on any atom is -0.469 e. The number of carbonyl (C=O) groups excluding carboxylic acids is 6. The summed E-state index contributed by atoms with van der Waals surface area (Å²) >= 11 is 0. The SMILES string of the molecule is COC(=O)C[C@H](CC(=O)[C@H](CCCCNC(=O)COCCOCCOCCOCCOCCN=[N+]=[N-])NC(=O)COCCOCCOCCOCCOCCN=[N+]=[N-])C(=O)NCCOCCOCCONC(=O)OC(C)(C)C. The van der Waals surface area contributed by atoms with E-state index in [2.05, 4.69) is 41.5 Å². The smallest absolute Gasteiger partial charge is 0.431 e. The number of azide groups is 2. The summed E-state index contributed by atoms with van der Waals surface area (Å²) in [6, 6.07) is -1.06. The van der Waals surface area contributed by atoms with Crippen LogP contribution in [0.5, 0.6) is 0 Å². The first-order chi connectivity index (χ1) is 37.8. The first-order valence-corrected chi connectivity index (χ1v) is 25.8. The Morgan fingerprint density at radius 2 is 0.923 bits per heavy atom. The molecule has 0 heterocycles. The van der Waals surface area contributed by atoms with Gasteiger partial charge in [0.15, 0.2) is 5.78 Å². The van der Waals surface area contributed by atoms with Crippen molar-refractivity contribution in [2.24, 2.45) is 16.1 Å². The highest BCUT2D eigenvalue weighted by atomic mass is 16.7. The molecule has 0 aromatic rings. The Kier molecular flexibility index (Phi) is 50.4. The Hall–Kier alpha value is -5.08. The number of nitrogens with one attached hydrogen (secondary N) is 4. The van der Waals surface area contributed by atoms with Gasteiger partial charge in [0, 0.05) is 42.4 Å². The summed E-state index contributed by atoms with van der Waals surface area (Å²) in [7, 11) is 1.16. The van der Waals surface area contributed by atoms with E-state index < -0.39 is 66.7 Å². The lowest BCUT2D eigenvalue weighted by molar-refractivity contribution is -0.145. The molecule has 0 aliphatic rings. The van der Waals surface area contributed by atoms with Crippen LogP contribution in [-0.4, -0.2) is 246 Å². The monoisotopic (exact) mass is 1130 g/mol. The number of ether oxygens (including phenoxy) is 14. The average Bonchev–Trinajstić information content (AvgIpc) is 3.40. The molecule has 0 aliphatic heterocycles. The van der Waals surface area contributed by atoms with Gasteiger partial charge < -0.3 is 82.3 Å². The number of hydrogen-bond donors (Lipinski definition) is 4. The van der Waals surface area contributed by atoms with Crippen molar-refractivity contribution in [3.05, 3.63) is 20.9 Å². The van der Waals surface area contributed by atoms with Gasteiger partial charge in [-0.1, -0.05) is 10.2 Å². The zero-order valence-electron chi connectivity index (χ0n) is 46.0. The summed E-state index contributed by atoms with van der Waals surface area (Å²) in [4.78, 5) is 86.7. The standard InChI is InChI=1S/C47H86N10O21/c1-47(2,3)78-46(63)55-77-34-33-74-20-15-65-12-9-51-45(62)39(36-44(61)64-4)35-41(58)40(54-43(60)38-76-32-30-73-28-26-71-24-22-69-19-17-67-14-11-53-57-49)7-5-6-8-50-42(59)37-75-31-29-72-27-25-70-23-21-68-18-16-66-13-10-52-56-48/h39-40H,5-38H2,1-4H3,(H,50,59)(H,51,62)(H,54,60)(H,55,63)/t39-,40-/m0/s1. The average molecular weight is 1130 g/mol.